The summed E-state index contributed by atoms with van der Waals surface area (Å²) in [5.74, 6) is 0.392. The van der Waals surface area contributed by atoms with Crippen molar-refractivity contribution >= 4 is 0 Å². The molecule has 3 N–H and O–H groups in total. The summed E-state index contributed by atoms with van der Waals surface area (Å²) in [6.07, 6.45) is 0.802. The molecule has 106 valence electrons. The van der Waals surface area contributed by atoms with Gasteiger partial charge in [0.25, 0.3) is 0 Å². The average Bonchev–Trinajstić information content (AvgIpc) is 2.36. The molecule has 0 aliphatic carbocycles. The standard InChI is InChI=1S/C16H26N2O/c1-11-4-6-14(7-5-11)16(13(3)17)18-9-8-12(2)15(19)10-18/h4-7,12-13,15-16,19H,8-10,17H2,1-3H3. The number of aliphatic hydroxyl groups excluding tert-OH is 1. The third kappa shape index (κ3) is 3.35. The Labute approximate surface area is 116 Å². The quantitative estimate of drug-likeness (QED) is 0.877. The summed E-state index contributed by atoms with van der Waals surface area (Å²) in [5.41, 5.74) is 8.71. The Kier molecular flexibility index (Phi) is 4.61. The topological polar surface area (TPSA) is 49.5 Å². The predicted molar refractivity (Wildman–Crippen MR) is 78.9 cm³/mol. The van der Waals surface area contributed by atoms with Gasteiger partial charge in [-0.25, -0.2) is 0 Å². The van der Waals surface area contributed by atoms with Gasteiger partial charge < -0.3 is 10.8 Å². The molecular formula is C16H26N2O. The van der Waals surface area contributed by atoms with Crippen LogP contribution in [-0.2, 0) is 0 Å². The summed E-state index contributed by atoms with van der Waals surface area (Å²) in [6, 6.07) is 8.84. The SMILES string of the molecule is Cc1ccc(C(C(C)N)N2CCC(C)C(O)C2)cc1. The van der Waals surface area contributed by atoms with Crippen LogP contribution in [-0.4, -0.2) is 35.2 Å². The zero-order chi connectivity index (χ0) is 14.0. The lowest BCUT2D eigenvalue weighted by atomic mass is 9.91. The van der Waals surface area contributed by atoms with Gasteiger partial charge in [-0.3, -0.25) is 4.90 Å². The monoisotopic (exact) mass is 262 g/mol. The molecule has 4 unspecified atom stereocenters. The minimum atomic E-state index is -0.236. The molecule has 1 aromatic carbocycles. The lowest BCUT2D eigenvalue weighted by Crippen LogP contribution is -2.48. The lowest BCUT2D eigenvalue weighted by Gasteiger charge is -2.41. The number of rotatable bonds is 3. The molecule has 1 saturated heterocycles. The highest BCUT2D eigenvalue weighted by atomic mass is 16.3. The van der Waals surface area contributed by atoms with Crippen LogP contribution >= 0.6 is 0 Å². The van der Waals surface area contributed by atoms with Gasteiger partial charge in [-0.1, -0.05) is 36.8 Å². The molecule has 2 rings (SSSR count). The van der Waals surface area contributed by atoms with Gasteiger partial charge in [0, 0.05) is 18.6 Å². The fraction of sp³-hybridized carbons (Fsp3) is 0.625. The first kappa shape index (κ1) is 14.5. The van der Waals surface area contributed by atoms with E-state index in [4.69, 9.17) is 5.73 Å². The van der Waals surface area contributed by atoms with Crippen LogP contribution in [0.2, 0.25) is 0 Å². The van der Waals surface area contributed by atoms with Crippen molar-refractivity contribution < 1.29 is 5.11 Å². The van der Waals surface area contributed by atoms with E-state index in [1.165, 1.54) is 11.1 Å². The van der Waals surface area contributed by atoms with Crippen molar-refractivity contribution in [3.63, 3.8) is 0 Å². The minimum absolute atomic E-state index is 0.0586. The Hall–Kier alpha value is -0.900. The zero-order valence-electron chi connectivity index (χ0n) is 12.2. The largest absolute Gasteiger partial charge is 0.392 e. The van der Waals surface area contributed by atoms with Gasteiger partial charge in [-0.15, -0.1) is 0 Å². The van der Waals surface area contributed by atoms with Gasteiger partial charge in [0.1, 0.15) is 0 Å². The van der Waals surface area contributed by atoms with E-state index in [9.17, 15) is 5.11 Å². The summed E-state index contributed by atoms with van der Waals surface area (Å²) in [6.45, 7) is 8.00. The van der Waals surface area contributed by atoms with Crippen molar-refractivity contribution in [2.75, 3.05) is 13.1 Å². The molecule has 0 spiro atoms. The number of aryl methyl sites for hydroxylation is 1. The number of hydrogen-bond donors (Lipinski definition) is 2. The summed E-state index contributed by atoms with van der Waals surface area (Å²) in [5, 5.41) is 10.1. The molecule has 1 heterocycles. The molecule has 1 fully saturated rings. The molecule has 1 aromatic rings. The number of nitrogens with zero attached hydrogens (tertiary/aromatic N) is 1. The van der Waals surface area contributed by atoms with Crippen LogP contribution < -0.4 is 5.73 Å². The van der Waals surface area contributed by atoms with Crippen molar-refractivity contribution in [1.82, 2.24) is 4.90 Å². The number of aliphatic hydroxyl groups is 1. The van der Waals surface area contributed by atoms with E-state index in [2.05, 4.69) is 49.9 Å². The molecule has 19 heavy (non-hydrogen) atoms. The Morgan fingerprint density at radius 2 is 1.95 bits per heavy atom. The first-order chi connectivity index (χ1) is 8.99. The molecule has 1 aliphatic heterocycles. The van der Waals surface area contributed by atoms with Gasteiger partial charge in [-0.2, -0.15) is 0 Å². The van der Waals surface area contributed by atoms with E-state index in [1.807, 2.05) is 0 Å². The minimum Gasteiger partial charge on any atom is -0.392 e. The number of nitrogens with two attached hydrogens (primary N) is 1. The zero-order valence-corrected chi connectivity index (χ0v) is 12.2. The molecule has 0 amide bonds. The fourth-order valence-corrected chi connectivity index (χ4v) is 2.94. The van der Waals surface area contributed by atoms with Crippen LogP contribution in [0.15, 0.2) is 24.3 Å². The third-order valence-electron chi connectivity index (χ3n) is 4.26. The van der Waals surface area contributed by atoms with Crippen LogP contribution in [0.25, 0.3) is 0 Å². The van der Waals surface area contributed by atoms with Crippen molar-refractivity contribution in [3.05, 3.63) is 35.4 Å². The van der Waals surface area contributed by atoms with Crippen LogP contribution in [0.5, 0.6) is 0 Å². The molecule has 0 saturated carbocycles. The number of hydrogen-bond acceptors (Lipinski definition) is 3. The molecule has 0 aromatic heterocycles. The Bertz CT molecular complexity index is 402. The van der Waals surface area contributed by atoms with Gasteiger partial charge >= 0.3 is 0 Å². The van der Waals surface area contributed by atoms with Crippen molar-refractivity contribution in [3.8, 4) is 0 Å². The van der Waals surface area contributed by atoms with E-state index >= 15 is 0 Å². The van der Waals surface area contributed by atoms with Gasteiger partial charge in [0.2, 0.25) is 0 Å². The van der Waals surface area contributed by atoms with E-state index in [0.29, 0.717) is 5.92 Å². The van der Waals surface area contributed by atoms with Crippen molar-refractivity contribution in [2.45, 2.75) is 45.4 Å². The molecule has 0 radical (unpaired) electrons. The Morgan fingerprint density at radius 1 is 1.32 bits per heavy atom. The number of piperidine rings is 1. The van der Waals surface area contributed by atoms with E-state index in [-0.39, 0.29) is 18.2 Å². The maximum atomic E-state index is 10.1. The average molecular weight is 262 g/mol. The number of benzene rings is 1. The molecule has 4 atom stereocenters. The molecule has 0 bridgehead atoms. The van der Waals surface area contributed by atoms with Crippen LogP contribution in [0, 0.1) is 12.8 Å². The van der Waals surface area contributed by atoms with E-state index < -0.39 is 0 Å². The van der Waals surface area contributed by atoms with E-state index in [1.54, 1.807) is 0 Å². The van der Waals surface area contributed by atoms with Gasteiger partial charge in [0.05, 0.1) is 6.10 Å². The summed E-state index contributed by atoms with van der Waals surface area (Å²) in [4.78, 5) is 2.33. The Balaban J connectivity index is 2.18. The van der Waals surface area contributed by atoms with E-state index in [0.717, 1.165) is 19.5 Å². The lowest BCUT2D eigenvalue weighted by molar-refractivity contribution is 0.00539. The fourth-order valence-electron chi connectivity index (χ4n) is 2.94. The highest BCUT2D eigenvalue weighted by Gasteiger charge is 2.31. The van der Waals surface area contributed by atoms with Crippen LogP contribution in [0.3, 0.4) is 0 Å². The highest BCUT2D eigenvalue weighted by Crippen LogP contribution is 2.29. The second-order valence-electron chi connectivity index (χ2n) is 6.04. The maximum Gasteiger partial charge on any atom is 0.0693 e. The maximum absolute atomic E-state index is 10.1. The second kappa shape index (κ2) is 6.04. The van der Waals surface area contributed by atoms with Crippen LogP contribution in [0.1, 0.15) is 37.4 Å². The predicted octanol–water partition coefficient (Wildman–Crippen LogP) is 2.09. The van der Waals surface area contributed by atoms with Crippen molar-refractivity contribution in [2.24, 2.45) is 11.7 Å². The Morgan fingerprint density at radius 3 is 2.47 bits per heavy atom. The number of likely N-dealkylation sites (tertiary alicyclic amines) is 1. The second-order valence-corrected chi connectivity index (χ2v) is 6.04. The van der Waals surface area contributed by atoms with Gasteiger partial charge in [0.15, 0.2) is 0 Å². The summed E-state index contributed by atoms with van der Waals surface area (Å²) in [7, 11) is 0. The molecule has 3 heteroatoms. The van der Waals surface area contributed by atoms with Gasteiger partial charge in [-0.05, 0) is 38.3 Å². The third-order valence-corrected chi connectivity index (χ3v) is 4.26. The highest BCUT2D eigenvalue weighted by molar-refractivity contribution is 5.25. The smallest absolute Gasteiger partial charge is 0.0693 e. The normalized spacial score (nSPS) is 28.1. The molecule has 3 nitrogen and oxygen atoms in total. The number of β-amino-alcohol motifs (C(OH)–C–C–N with tert-alkyl or cyclic N) is 1. The summed E-state index contributed by atoms with van der Waals surface area (Å²) < 4.78 is 0. The van der Waals surface area contributed by atoms with Crippen LogP contribution in [0.4, 0.5) is 0 Å². The molecular weight excluding hydrogens is 236 g/mol. The molecule has 1 aliphatic rings. The first-order valence-electron chi connectivity index (χ1n) is 7.23. The summed E-state index contributed by atoms with van der Waals surface area (Å²) >= 11 is 0. The van der Waals surface area contributed by atoms with Crippen molar-refractivity contribution in [1.29, 1.82) is 0 Å². The first-order valence-corrected chi connectivity index (χ1v) is 7.23.